The van der Waals surface area contributed by atoms with Crippen LogP contribution < -0.4 is 5.32 Å². The van der Waals surface area contributed by atoms with Crippen LogP contribution in [0.15, 0.2) is 60.9 Å². The second kappa shape index (κ2) is 7.75. The number of amides is 1. The van der Waals surface area contributed by atoms with Crippen LogP contribution in [0.4, 0.5) is 0 Å². The van der Waals surface area contributed by atoms with Crippen LogP contribution in [0.1, 0.15) is 35.0 Å². The lowest BCUT2D eigenvalue weighted by atomic mass is 10.1. The van der Waals surface area contributed by atoms with Crippen molar-refractivity contribution in [3.63, 3.8) is 0 Å². The van der Waals surface area contributed by atoms with E-state index < -0.39 is 0 Å². The SMILES string of the molecule is Cc1ccn(-c2ccc(C(=O)NC(C)CCc3ccccc3)cn2)n1. The maximum atomic E-state index is 12.3. The van der Waals surface area contributed by atoms with Gasteiger partial charge in [0.1, 0.15) is 0 Å². The molecule has 0 fully saturated rings. The van der Waals surface area contributed by atoms with Gasteiger partial charge in [-0.1, -0.05) is 30.3 Å². The van der Waals surface area contributed by atoms with E-state index in [9.17, 15) is 4.79 Å². The van der Waals surface area contributed by atoms with Crippen molar-refractivity contribution >= 4 is 5.91 Å². The highest BCUT2D eigenvalue weighted by molar-refractivity contribution is 5.94. The minimum Gasteiger partial charge on any atom is -0.350 e. The molecule has 1 unspecified atom stereocenters. The normalized spacial score (nSPS) is 11.9. The number of pyridine rings is 1. The third-order valence-corrected chi connectivity index (χ3v) is 4.05. The fourth-order valence-corrected chi connectivity index (χ4v) is 2.61. The van der Waals surface area contributed by atoms with Crippen molar-refractivity contribution in [3.05, 3.63) is 77.7 Å². The topological polar surface area (TPSA) is 59.8 Å². The van der Waals surface area contributed by atoms with Gasteiger partial charge >= 0.3 is 0 Å². The molecule has 0 spiro atoms. The molecule has 0 aliphatic heterocycles. The Morgan fingerprint density at radius 3 is 2.60 bits per heavy atom. The molecule has 2 heterocycles. The van der Waals surface area contributed by atoms with E-state index in [1.165, 1.54) is 5.56 Å². The van der Waals surface area contributed by atoms with Gasteiger partial charge in [-0.15, -0.1) is 0 Å². The molecule has 1 aromatic carbocycles. The number of aromatic nitrogens is 3. The molecule has 0 radical (unpaired) electrons. The Labute approximate surface area is 147 Å². The minimum absolute atomic E-state index is 0.0983. The van der Waals surface area contributed by atoms with Gasteiger partial charge in [-0.2, -0.15) is 5.10 Å². The average molecular weight is 334 g/mol. The van der Waals surface area contributed by atoms with Gasteiger partial charge in [0.05, 0.1) is 11.3 Å². The maximum Gasteiger partial charge on any atom is 0.253 e. The molecular formula is C20H22N4O. The lowest BCUT2D eigenvalue weighted by molar-refractivity contribution is 0.0938. The summed E-state index contributed by atoms with van der Waals surface area (Å²) < 4.78 is 1.69. The largest absolute Gasteiger partial charge is 0.350 e. The van der Waals surface area contributed by atoms with E-state index >= 15 is 0 Å². The first-order valence-corrected chi connectivity index (χ1v) is 8.45. The Bertz CT molecular complexity index is 824. The van der Waals surface area contributed by atoms with E-state index in [-0.39, 0.29) is 11.9 Å². The van der Waals surface area contributed by atoms with E-state index in [0.717, 1.165) is 18.5 Å². The van der Waals surface area contributed by atoms with Crippen molar-refractivity contribution in [3.8, 4) is 5.82 Å². The minimum atomic E-state index is -0.101. The van der Waals surface area contributed by atoms with Gasteiger partial charge < -0.3 is 5.32 Å². The molecule has 0 aliphatic rings. The molecule has 0 saturated heterocycles. The summed E-state index contributed by atoms with van der Waals surface area (Å²) in [4.78, 5) is 16.7. The summed E-state index contributed by atoms with van der Waals surface area (Å²) in [6.45, 7) is 3.95. The molecule has 25 heavy (non-hydrogen) atoms. The number of carbonyl (C=O) groups excluding carboxylic acids is 1. The molecule has 1 atom stereocenters. The first-order valence-electron chi connectivity index (χ1n) is 8.45. The van der Waals surface area contributed by atoms with Crippen molar-refractivity contribution in [1.29, 1.82) is 0 Å². The van der Waals surface area contributed by atoms with Crippen LogP contribution in [0, 0.1) is 6.92 Å². The van der Waals surface area contributed by atoms with Gasteiger partial charge in [0.15, 0.2) is 5.82 Å². The van der Waals surface area contributed by atoms with Gasteiger partial charge in [-0.25, -0.2) is 9.67 Å². The molecule has 0 aliphatic carbocycles. The number of benzene rings is 1. The van der Waals surface area contributed by atoms with Crippen LogP contribution in [0.3, 0.4) is 0 Å². The molecule has 5 nitrogen and oxygen atoms in total. The van der Waals surface area contributed by atoms with Crippen LogP contribution in [-0.4, -0.2) is 26.7 Å². The van der Waals surface area contributed by atoms with E-state index in [0.29, 0.717) is 11.4 Å². The average Bonchev–Trinajstić information content (AvgIpc) is 3.07. The number of hydrogen-bond donors (Lipinski definition) is 1. The lowest BCUT2D eigenvalue weighted by Gasteiger charge is -2.14. The number of hydrogen-bond acceptors (Lipinski definition) is 3. The molecule has 1 amide bonds. The van der Waals surface area contributed by atoms with E-state index in [4.69, 9.17) is 0 Å². The predicted octanol–water partition coefficient (Wildman–Crippen LogP) is 3.33. The molecule has 3 aromatic rings. The Kier molecular flexibility index (Phi) is 5.23. The van der Waals surface area contributed by atoms with Crippen LogP contribution in [-0.2, 0) is 6.42 Å². The number of aryl methyl sites for hydroxylation is 2. The standard InChI is InChI=1S/C20H22N4O/c1-15(8-9-17-6-4-3-5-7-17)22-20(25)18-10-11-19(21-14-18)24-13-12-16(2)23-24/h3-7,10-15H,8-9H2,1-2H3,(H,22,25). The highest BCUT2D eigenvalue weighted by Gasteiger charge is 2.11. The smallest absolute Gasteiger partial charge is 0.253 e. The van der Waals surface area contributed by atoms with Crippen LogP contribution in [0.25, 0.3) is 5.82 Å². The van der Waals surface area contributed by atoms with Gasteiger partial charge in [0.2, 0.25) is 0 Å². The zero-order chi connectivity index (χ0) is 17.6. The molecule has 2 aromatic heterocycles. The van der Waals surface area contributed by atoms with Gasteiger partial charge in [0.25, 0.3) is 5.91 Å². The summed E-state index contributed by atoms with van der Waals surface area (Å²) >= 11 is 0. The Balaban J connectivity index is 1.55. The van der Waals surface area contributed by atoms with Gasteiger partial charge in [-0.3, -0.25) is 4.79 Å². The summed E-state index contributed by atoms with van der Waals surface area (Å²) in [7, 11) is 0. The van der Waals surface area contributed by atoms with Gasteiger partial charge in [0, 0.05) is 18.4 Å². The molecule has 0 bridgehead atoms. The van der Waals surface area contributed by atoms with E-state index in [1.54, 1.807) is 23.0 Å². The molecule has 5 heteroatoms. The fraction of sp³-hybridized carbons (Fsp3) is 0.250. The Morgan fingerprint density at radius 2 is 1.96 bits per heavy atom. The molecule has 0 saturated carbocycles. The Morgan fingerprint density at radius 1 is 1.16 bits per heavy atom. The predicted molar refractivity (Wildman–Crippen MR) is 97.8 cm³/mol. The number of nitrogens with one attached hydrogen (secondary N) is 1. The fourth-order valence-electron chi connectivity index (χ4n) is 2.61. The highest BCUT2D eigenvalue weighted by atomic mass is 16.1. The zero-order valence-corrected chi connectivity index (χ0v) is 14.5. The second-order valence-corrected chi connectivity index (χ2v) is 6.21. The van der Waals surface area contributed by atoms with Crippen molar-refractivity contribution in [2.24, 2.45) is 0 Å². The van der Waals surface area contributed by atoms with Crippen molar-refractivity contribution in [1.82, 2.24) is 20.1 Å². The monoisotopic (exact) mass is 334 g/mol. The maximum absolute atomic E-state index is 12.3. The first-order chi connectivity index (χ1) is 12.1. The molecular weight excluding hydrogens is 312 g/mol. The summed E-state index contributed by atoms with van der Waals surface area (Å²) in [5, 5.41) is 7.34. The first kappa shape index (κ1) is 16.9. The van der Waals surface area contributed by atoms with E-state index in [1.807, 2.05) is 44.3 Å². The number of carbonyl (C=O) groups is 1. The van der Waals surface area contributed by atoms with Crippen LogP contribution >= 0.6 is 0 Å². The van der Waals surface area contributed by atoms with Crippen LogP contribution in [0.2, 0.25) is 0 Å². The van der Waals surface area contributed by atoms with E-state index in [2.05, 4.69) is 27.5 Å². The van der Waals surface area contributed by atoms with Crippen molar-refractivity contribution < 1.29 is 4.79 Å². The lowest BCUT2D eigenvalue weighted by Crippen LogP contribution is -2.33. The quantitative estimate of drug-likeness (QED) is 0.752. The zero-order valence-electron chi connectivity index (χ0n) is 14.5. The summed E-state index contributed by atoms with van der Waals surface area (Å²) in [6, 6.07) is 15.9. The molecule has 3 rings (SSSR count). The summed E-state index contributed by atoms with van der Waals surface area (Å²) in [6.07, 6.45) is 5.28. The van der Waals surface area contributed by atoms with Crippen LogP contribution in [0.5, 0.6) is 0 Å². The third kappa shape index (κ3) is 4.53. The summed E-state index contributed by atoms with van der Waals surface area (Å²) in [5.74, 6) is 0.595. The third-order valence-electron chi connectivity index (χ3n) is 4.05. The molecule has 128 valence electrons. The summed E-state index contributed by atoms with van der Waals surface area (Å²) in [5.41, 5.74) is 2.76. The second-order valence-electron chi connectivity index (χ2n) is 6.21. The number of rotatable bonds is 6. The molecule has 1 N–H and O–H groups in total. The number of nitrogens with zero attached hydrogens (tertiary/aromatic N) is 3. The van der Waals surface area contributed by atoms with Crippen molar-refractivity contribution in [2.75, 3.05) is 0 Å². The van der Waals surface area contributed by atoms with Crippen molar-refractivity contribution in [2.45, 2.75) is 32.7 Å². The highest BCUT2D eigenvalue weighted by Crippen LogP contribution is 2.08. The Hall–Kier alpha value is -2.95. The van der Waals surface area contributed by atoms with Gasteiger partial charge in [-0.05, 0) is 50.5 Å².